The number of aromatic nitrogens is 2. The second-order valence-corrected chi connectivity index (χ2v) is 7.54. The average molecular weight is 415 g/mol. The van der Waals surface area contributed by atoms with Crippen LogP contribution in [0.1, 0.15) is 6.92 Å². The van der Waals surface area contributed by atoms with Crippen molar-refractivity contribution < 1.29 is 24.5 Å². The molecule has 0 spiro atoms. The molecule has 2 aromatic rings. The predicted octanol–water partition coefficient (Wildman–Crippen LogP) is 2.25. The minimum atomic E-state index is -1.11. The van der Waals surface area contributed by atoms with Crippen LogP contribution in [-0.4, -0.2) is 82.5 Å². The highest BCUT2D eigenvalue weighted by atomic mass is 16.5. The number of benzene rings is 1. The normalized spacial score (nSPS) is 19.6. The molecule has 0 radical (unpaired) electrons. The summed E-state index contributed by atoms with van der Waals surface area (Å²) in [6.07, 6.45) is 1.46. The van der Waals surface area contributed by atoms with E-state index in [1.165, 1.54) is 9.80 Å². The number of carboxylic acid groups (broad SMARTS) is 2. The predicted molar refractivity (Wildman–Crippen MR) is 110 cm³/mol. The van der Waals surface area contributed by atoms with Crippen molar-refractivity contribution in [3.63, 3.8) is 0 Å². The van der Waals surface area contributed by atoms with Crippen molar-refractivity contribution in [2.45, 2.75) is 19.5 Å². The molecule has 1 aromatic carbocycles. The Balaban J connectivity index is 1.57. The first-order valence-corrected chi connectivity index (χ1v) is 9.93. The Labute approximate surface area is 173 Å². The van der Waals surface area contributed by atoms with Crippen LogP contribution < -0.4 is 9.80 Å². The maximum absolute atomic E-state index is 11.8. The number of ether oxygens (including phenoxy) is 1. The maximum atomic E-state index is 11.8. The third-order valence-corrected chi connectivity index (χ3v) is 5.57. The molecular formula is C20H25N5O5. The van der Waals surface area contributed by atoms with Crippen LogP contribution in [0.4, 0.5) is 21.0 Å². The van der Waals surface area contributed by atoms with Gasteiger partial charge in [0, 0.05) is 31.4 Å². The first kappa shape index (κ1) is 20.2. The number of fused-ring (bicyclic) bond motifs is 1. The molecule has 0 bridgehead atoms. The molecule has 1 fully saturated rings. The number of rotatable bonds is 4. The molecule has 2 amide bonds. The number of hydrogen-bond donors (Lipinski definition) is 2. The van der Waals surface area contributed by atoms with Crippen molar-refractivity contribution in [3.8, 4) is 11.1 Å². The minimum absolute atomic E-state index is 0.0803. The van der Waals surface area contributed by atoms with E-state index in [1.54, 1.807) is 31.3 Å². The SMILES string of the molecule is C[C@H]1CN(C(=O)O)c2cc(-c3cnn(CCN4CCOCC4)c3)ccc2N1C(=O)O. The third-order valence-electron chi connectivity index (χ3n) is 5.57. The van der Waals surface area contributed by atoms with E-state index in [0.29, 0.717) is 11.4 Å². The zero-order valence-corrected chi connectivity index (χ0v) is 16.8. The lowest BCUT2D eigenvalue weighted by atomic mass is 10.0. The van der Waals surface area contributed by atoms with Gasteiger partial charge in [-0.2, -0.15) is 5.10 Å². The van der Waals surface area contributed by atoms with Crippen LogP contribution in [0, 0.1) is 0 Å². The van der Waals surface area contributed by atoms with Crippen molar-refractivity contribution in [2.75, 3.05) is 49.2 Å². The first-order chi connectivity index (χ1) is 14.4. The molecule has 2 N–H and O–H groups in total. The van der Waals surface area contributed by atoms with Crippen LogP contribution in [-0.2, 0) is 11.3 Å². The summed E-state index contributed by atoms with van der Waals surface area (Å²) in [5, 5.41) is 23.6. The molecule has 2 aliphatic rings. The summed E-state index contributed by atoms with van der Waals surface area (Å²) in [5.41, 5.74) is 2.37. The topological polar surface area (TPSA) is 111 Å². The van der Waals surface area contributed by atoms with Crippen LogP contribution in [0.5, 0.6) is 0 Å². The quantitative estimate of drug-likeness (QED) is 0.788. The molecule has 0 saturated carbocycles. The smallest absolute Gasteiger partial charge is 0.412 e. The molecule has 1 aromatic heterocycles. The van der Waals surface area contributed by atoms with Crippen molar-refractivity contribution in [2.24, 2.45) is 0 Å². The number of anilines is 2. The monoisotopic (exact) mass is 415 g/mol. The van der Waals surface area contributed by atoms with E-state index >= 15 is 0 Å². The Bertz CT molecular complexity index is 939. The van der Waals surface area contributed by atoms with Gasteiger partial charge in [0.05, 0.1) is 49.9 Å². The fraction of sp³-hybridized carbons (Fsp3) is 0.450. The van der Waals surface area contributed by atoms with Gasteiger partial charge in [-0.3, -0.25) is 19.4 Å². The summed E-state index contributed by atoms with van der Waals surface area (Å²) in [7, 11) is 0. The molecule has 10 nitrogen and oxygen atoms in total. The van der Waals surface area contributed by atoms with E-state index in [1.807, 2.05) is 10.9 Å². The summed E-state index contributed by atoms with van der Waals surface area (Å²) in [6.45, 7) is 6.75. The van der Waals surface area contributed by atoms with Crippen LogP contribution in [0.2, 0.25) is 0 Å². The minimum Gasteiger partial charge on any atom is -0.465 e. The van der Waals surface area contributed by atoms with Crippen LogP contribution in [0.3, 0.4) is 0 Å². The summed E-state index contributed by atoms with van der Waals surface area (Å²) >= 11 is 0. The Hall–Kier alpha value is -3.11. The Morgan fingerprint density at radius 1 is 1.10 bits per heavy atom. The lowest BCUT2D eigenvalue weighted by Gasteiger charge is -2.38. The molecule has 0 aliphatic carbocycles. The van der Waals surface area contributed by atoms with Gasteiger partial charge >= 0.3 is 12.2 Å². The molecular weight excluding hydrogens is 390 g/mol. The Morgan fingerprint density at radius 2 is 1.87 bits per heavy atom. The number of amides is 2. The Morgan fingerprint density at radius 3 is 2.57 bits per heavy atom. The second-order valence-electron chi connectivity index (χ2n) is 7.54. The molecule has 4 rings (SSSR count). The summed E-state index contributed by atoms with van der Waals surface area (Å²) < 4.78 is 7.23. The molecule has 2 aliphatic heterocycles. The van der Waals surface area contributed by atoms with Gasteiger partial charge in [-0.05, 0) is 24.6 Å². The second kappa shape index (κ2) is 8.33. The third kappa shape index (κ3) is 3.96. The van der Waals surface area contributed by atoms with Gasteiger partial charge in [-0.25, -0.2) is 9.59 Å². The zero-order valence-electron chi connectivity index (χ0n) is 16.8. The van der Waals surface area contributed by atoms with Gasteiger partial charge in [0.15, 0.2) is 0 Å². The van der Waals surface area contributed by atoms with E-state index in [0.717, 1.165) is 50.5 Å². The van der Waals surface area contributed by atoms with Gasteiger partial charge in [0.25, 0.3) is 0 Å². The molecule has 30 heavy (non-hydrogen) atoms. The van der Waals surface area contributed by atoms with Crippen LogP contribution in [0.15, 0.2) is 30.6 Å². The average Bonchev–Trinajstić information content (AvgIpc) is 3.20. The van der Waals surface area contributed by atoms with Crippen molar-refractivity contribution >= 4 is 23.6 Å². The lowest BCUT2D eigenvalue weighted by molar-refractivity contribution is 0.0360. The lowest BCUT2D eigenvalue weighted by Crippen LogP contribution is -2.51. The van der Waals surface area contributed by atoms with Crippen molar-refractivity contribution in [3.05, 3.63) is 30.6 Å². The molecule has 160 valence electrons. The molecule has 0 unspecified atom stereocenters. The molecule has 1 atom stereocenters. The summed E-state index contributed by atoms with van der Waals surface area (Å²) in [5.74, 6) is 0. The summed E-state index contributed by atoms with van der Waals surface area (Å²) in [4.78, 5) is 28.2. The van der Waals surface area contributed by atoms with Crippen LogP contribution in [0.25, 0.3) is 11.1 Å². The van der Waals surface area contributed by atoms with E-state index in [2.05, 4.69) is 10.00 Å². The highest BCUT2D eigenvalue weighted by Gasteiger charge is 2.35. The van der Waals surface area contributed by atoms with Gasteiger partial charge in [-0.1, -0.05) is 6.07 Å². The van der Waals surface area contributed by atoms with E-state index in [9.17, 15) is 19.8 Å². The number of nitrogens with zero attached hydrogens (tertiary/aromatic N) is 5. The standard InChI is InChI=1S/C20H25N5O5/c1-14-12-24(19(26)27)18-10-15(2-3-17(18)25(14)20(28)29)16-11-21-23(13-16)5-4-22-6-8-30-9-7-22/h2-3,10-11,13-14H,4-9,12H2,1H3,(H,26,27)(H,28,29)/t14-/m0/s1. The van der Waals surface area contributed by atoms with E-state index in [4.69, 9.17) is 4.74 Å². The van der Waals surface area contributed by atoms with E-state index in [-0.39, 0.29) is 6.54 Å². The van der Waals surface area contributed by atoms with E-state index < -0.39 is 18.2 Å². The fourth-order valence-electron chi connectivity index (χ4n) is 3.98. The Kier molecular flexibility index (Phi) is 5.60. The van der Waals surface area contributed by atoms with Gasteiger partial charge in [-0.15, -0.1) is 0 Å². The maximum Gasteiger partial charge on any atom is 0.412 e. The number of morpholine rings is 1. The highest BCUT2D eigenvalue weighted by molar-refractivity contribution is 6.00. The highest BCUT2D eigenvalue weighted by Crippen LogP contribution is 2.38. The zero-order chi connectivity index (χ0) is 21.3. The van der Waals surface area contributed by atoms with Crippen molar-refractivity contribution in [1.29, 1.82) is 0 Å². The molecule has 10 heteroatoms. The van der Waals surface area contributed by atoms with Crippen molar-refractivity contribution in [1.82, 2.24) is 14.7 Å². The number of carbonyl (C=O) groups is 2. The molecule has 1 saturated heterocycles. The van der Waals surface area contributed by atoms with Gasteiger partial charge < -0.3 is 14.9 Å². The first-order valence-electron chi connectivity index (χ1n) is 9.93. The number of hydrogen-bond acceptors (Lipinski definition) is 5. The molecule has 3 heterocycles. The largest absolute Gasteiger partial charge is 0.465 e. The fourth-order valence-corrected chi connectivity index (χ4v) is 3.98. The van der Waals surface area contributed by atoms with Gasteiger partial charge in [0.1, 0.15) is 0 Å². The van der Waals surface area contributed by atoms with Crippen LogP contribution >= 0.6 is 0 Å². The van der Waals surface area contributed by atoms with Gasteiger partial charge in [0.2, 0.25) is 0 Å². The summed E-state index contributed by atoms with van der Waals surface area (Å²) in [6, 6.07) is 4.71.